The van der Waals surface area contributed by atoms with Gasteiger partial charge in [-0.2, -0.15) is 5.26 Å². The number of benzene rings is 2. The first-order valence-corrected chi connectivity index (χ1v) is 9.37. The summed E-state index contributed by atoms with van der Waals surface area (Å²) in [6, 6.07) is 20.1. The van der Waals surface area contributed by atoms with Gasteiger partial charge in [-0.3, -0.25) is 4.79 Å². The number of nitrogens with zero attached hydrogens (tertiary/aromatic N) is 1. The number of rotatable bonds is 7. The van der Waals surface area contributed by atoms with Crippen molar-refractivity contribution in [2.45, 2.75) is 19.5 Å². The van der Waals surface area contributed by atoms with Gasteiger partial charge in [0.15, 0.2) is 0 Å². The van der Waals surface area contributed by atoms with Crippen LogP contribution in [0.3, 0.4) is 0 Å². The van der Waals surface area contributed by atoms with Gasteiger partial charge in [0.2, 0.25) is 5.91 Å². The molecule has 0 spiro atoms. The predicted molar refractivity (Wildman–Crippen MR) is 107 cm³/mol. The Morgan fingerprint density at radius 3 is 2.63 bits per heavy atom. The number of hydrogen-bond donors (Lipinski definition) is 2. The molecule has 6 heteroatoms. The van der Waals surface area contributed by atoms with Gasteiger partial charge in [0.05, 0.1) is 12.1 Å². The molecule has 0 saturated carbocycles. The maximum Gasteiger partial charge on any atom is 0.242 e. The summed E-state index contributed by atoms with van der Waals surface area (Å²) in [4.78, 5) is 13.3. The molecule has 0 bridgehead atoms. The molecular weight excluding hydrogens is 358 g/mol. The average Bonchev–Trinajstić information content (AvgIpc) is 3.21. The smallest absolute Gasteiger partial charge is 0.242 e. The Balaban J connectivity index is 1.55. The van der Waals surface area contributed by atoms with Crippen molar-refractivity contribution in [2.75, 3.05) is 5.32 Å². The van der Waals surface area contributed by atoms with Gasteiger partial charge in [0.1, 0.15) is 23.6 Å². The van der Waals surface area contributed by atoms with E-state index in [1.165, 1.54) is 0 Å². The third kappa shape index (κ3) is 5.09. The number of thiophene rings is 1. The molecule has 0 saturated heterocycles. The highest BCUT2D eigenvalue weighted by atomic mass is 32.1. The average molecular weight is 377 g/mol. The molecule has 1 atom stereocenters. The summed E-state index contributed by atoms with van der Waals surface area (Å²) in [5.41, 5.74) is 1.30. The molecule has 0 radical (unpaired) electrons. The summed E-state index contributed by atoms with van der Waals surface area (Å²) in [5, 5.41) is 17.2. The predicted octanol–water partition coefficient (Wildman–Crippen LogP) is 4.53. The van der Waals surface area contributed by atoms with Crippen molar-refractivity contribution >= 4 is 22.9 Å². The molecule has 0 fully saturated rings. The van der Waals surface area contributed by atoms with E-state index in [0.29, 0.717) is 23.6 Å². The van der Waals surface area contributed by atoms with Gasteiger partial charge >= 0.3 is 0 Å². The molecule has 3 rings (SSSR count). The third-order valence-corrected chi connectivity index (χ3v) is 4.76. The zero-order valence-electron chi connectivity index (χ0n) is 14.8. The number of ether oxygens (including phenoxy) is 1. The normalized spacial score (nSPS) is 11.3. The molecular formula is C21H19N3O2S. The van der Waals surface area contributed by atoms with E-state index in [-0.39, 0.29) is 11.9 Å². The number of amides is 1. The van der Waals surface area contributed by atoms with Crippen molar-refractivity contribution in [3.63, 3.8) is 0 Å². The molecule has 2 aromatic carbocycles. The first kappa shape index (κ1) is 18.5. The summed E-state index contributed by atoms with van der Waals surface area (Å²) >= 11 is 1.62. The highest BCUT2D eigenvalue weighted by Gasteiger charge is 2.12. The molecule has 27 heavy (non-hydrogen) atoms. The quantitative estimate of drug-likeness (QED) is 0.634. The second kappa shape index (κ2) is 8.88. The van der Waals surface area contributed by atoms with E-state index < -0.39 is 0 Å². The molecule has 1 aromatic heterocycles. The lowest BCUT2D eigenvalue weighted by molar-refractivity contribution is -0.121. The van der Waals surface area contributed by atoms with E-state index >= 15 is 0 Å². The standard InChI is InChI=1S/C21H19N3O2S/c1-15(21(25)23-14-19-6-4-12-27-19)24-17-8-10-18(11-9-17)26-20-7-3-2-5-16(20)13-22/h2-12,15,24H,14H2,1H3,(H,23,25). The van der Waals surface area contributed by atoms with Crippen molar-refractivity contribution in [3.05, 3.63) is 76.5 Å². The van der Waals surface area contributed by atoms with Crippen molar-refractivity contribution in [1.29, 1.82) is 5.26 Å². The lowest BCUT2D eigenvalue weighted by Gasteiger charge is -2.15. The van der Waals surface area contributed by atoms with Crippen LogP contribution in [0.25, 0.3) is 0 Å². The van der Waals surface area contributed by atoms with Crippen molar-refractivity contribution in [3.8, 4) is 17.6 Å². The van der Waals surface area contributed by atoms with Crippen LogP contribution in [0.4, 0.5) is 5.69 Å². The van der Waals surface area contributed by atoms with Gasteiger partial charge in [0, 0.05) is 10.6 Å². The highest BCUT2D eigenvalue weighted by Crippen LogP contribution is 2.26. The topological polar surface area (TPSA) is 74.1 Å². The molecule has 3 aromatic rings. The first-order chi connectivity index (χ1) is 13.2. The van der Waals surface area contributed by atoms with Gasteiger partial charge in [-0.25, -0.2) is 0 Å². The number of carbonyl (C=O) groups excluding carboxylic acids is 1. The number of nitriles is 1. The van der Waals surface area contributed by atoms with Gasteiger partial charge in [-0.05, 0) is 54.8 Å². The van der Waals surface area contributed by atoms with Crippen LogP contribution in [0.15, 0.2) is 66.0 Å². The monoisotopic (exact) mass is 377 g/mol. The lowest BCUT2D eigenvalue weighted by Crippen LogP contribution is -2.36. The van der Waals surface area contributed by atoms with E-state index in [1.54, 1.807) is 41.7 Å². The van der Waals surface area contributed by atoms with Crippen molar-refractivity contribution < 1.29 is 9.53 Å². The number of para-hydroxylation sites is 1. The third-order valence-electron chi connectivity index (χ3n) is 3.88. The van der Waals surface area contributed by atoms with E-state index in [9.17, 15) is 4.79 Å². The Morgan fingerprint density at radius 2 is 1.93 bits per heavy atom. The maximum atomic E-state index is 12.2. The van der Waals surface area contributed by atoms with E-state index in [4.69, 9.17) is 10.00 Å². The fraction of sp³-hybridized carbons (Fsp3) is 0.143. The summed E-state index contributed by atoms with van der Waals surface area (Å²) in [5.74, 6) is 1.08. The second-order valence-electron chi connectivity index (χ2n) is 5.90. The van der Waals surface area contributed by atoms with Crippen LogP contribution in [0, 0.1) is 11.3 Å². The van der Waals surface area contributed by atoms with Gasteiger partial charge in [0.25, 0.3) is 0 Å². The number of hydrogen-bond acceptors (Lipinski definition) is 5. The first-order valence-electron chi connectivity index (χ1n) is 8.49. The summed E-state index contributed by atoms with van der Waals surface area (Å²) < 4.78 is 5.76. The molecule has 136 valence electrons. The number of nitrogens with one attached hydrogen (secondary N) is 2. The molecule has 5 nitrogen and oxygen atoms in total. The Labute approximate surface area is 162 Å². The summed E-state index contributed by atoms with van der Waals surface area (Å²) in [6.45, 7) is 2.35. The van der Waals surface area contributed by atoms with Gasteiger partial charge < -0.3 is 15.4 Å². The molecule has 1 unspecified atom stereocenters. The minimum absolute atomic E-state index is 0.0633. The van der Waals surface area contributed by atoms with Crippen molar-refractivity contribution in [2.24, 2.45) is 0 Å². The summed E-state index contributed by atoms with van der Waals surface area (Å²) in [6.07, 6.45) is 0. The second-order valence-corrected chi connectivity index (χ2v) is 6.93. The highest BCUT2D eigenvalue weighted by molar-refractivity contribution is 7.09. The number of anilines is 1. The van der Waals surface area contributed by atoms with Gasteiger partial charge in [-0.1, -0.05) is 18.2 Å². The van der Waals surface area contributed by atoms with Crippen LogP contribution < -0.4 is 15.4 Å². The molecule has 1 amide bonds. The fourth-order valence-electron chi connectivity index (χ4n) is 2.45. The van der Waals surface area contributed by atoms with E-state index in [2.05, 4.69) is 16.7 Å². The Kier molecular flexibility index (Phi) is 6.08. The fourth-order valence-corrected chi connectivity index (χ4v) is 3.09. The van der Waals surface area contributed by atoms with Crippen LogP contribution in [0.2, 0.25) is 0 Å². The Hall–Kier alpha value is -3.30. The van der Waals surface area contributed by atoms with Gasteiger partial charge in [-0.15, -0.1) is 11.3 Å². The minimum atomic E-state index is -0.365. The molecule has 0 aliphatic rings. The van der Waals surface area contributed by atoms with Crippen LogP contribution in [-0.4, -0.2) is 11.9 Å². The largest absolute Gasteiger partial charge is 0.456 e. The molecule has 2 N–H and O–H groups in total. The Morgan fingerprint density at radius 1 is 1.15 bits per heavy atom. The van der Waals surface area contributed by atoms with E-state index in [1.807, 2.05) is 42.6 Å². The van der Waals surface area contributed by atoms with Crippen molar-refractivity contribution in [1.82, 2.24) is 5.32 Å². The van der Waals surface area contributed by atoms with Crippen LogP contribution >= 0.6 is 11.3 Å². The summed E-state index contributed by atoms with van der Waals surface area (Å²) in [7, 11) is 0. The van der Waals surface area contributed by atoms with Crippen LogP contribution in [-0.2, 0) is 11.3 Å². The Bertz CT molecular complexity index is 931. The zero-order chi connectivity index (χ0) is 19.1. The molecule has 0 aliphatic carbocycles. The minimum Gasteiger partial charge on any atom is -0.456 e. The molecule has 1 heterocycles. The van der Waals surface area contributed by atoms with Crippen LogP contribution in [0.5, 0.6) is 11.5 Å². The lowest BCUT2D eigenvalue weighted by atomic mass is 10.2. The van der Waals surface area contributed by atoms with Crippen LogP contribution in [0.1, 0.15) is 17.4 Å². The number of carbonyl (C=O) groups is 1. The molecule has 0 aliphatic heterocycles. The SMILES string of the molecule is CC(Nc1ccc(Oc2ccccc2C#N)cc1)C(=O)NCc1cccs1. The maximum absolute atomic E-state index is 12.2. The zero-order valence-corrected chi connectivity index (χ0v) is 15.6. The van der Waals surface area contributed by atoms with E-state index in [0.717, 1.165) is 10.6 Å².